The molecule has 1 fully saturated rings. The third kappa shape index (κ3) is 3.66. The summed E-state index contributed by atoms with van der Waals surface area (Å²) < 4.78 is 1.85. The fourth-order valence-corrected chi connectivity index (χ4v) is 5.19. The molecule has 32 heavy (non-hydrogen) atoms. The predicted octanol–water partition coefficient (Wildman–Crippen LogP) is 3.97. The summed E-state index contributed by atoms with van der Waals surface area (Å²) in [5.74, 6) is 0.638. The summed E-state index contributed by atoms with van der Waals surface area (Å²) in [6.45, 7) is 8.77. The first-order chi connectivity index (χ1) is 15.4. The van der Waals surface area contributed by atoms with Crippen LogP contribution in [0.5, 0.6) is 0 Å². The summed E-state index contributed by atoms with van der Waals surface area (Å²) in [5, 5.41) is 5.65. The lowest BCUT2D eigenvalue weighted by Gasteiger charge is -2.31. The number of aromatic amines is 1. The minimum Gasteiger partial charge on any atom is -0.369 e. The molecule has 0 atom stereocenters. The van der Waals surface area contributed by atoms with Gasteiger partial charge in [-0.05, 0) is 79.6 Å². The van der Waals surface area contributed by atoms with Gasteiger partial charge in [0.2, 0.25) is 5.91 Å². The summed E-state index contributed by atoms with van der Waals surface area (Å²) in [6.07, 6.45) is 5.76. The second-order valence-corrected chi connectivity index (χ2v) is 9.33. The van der Waals surface area contributed by atoms with Crippen LogP contribution in [-0.4, -0.2) is 50.0 Å². The molecule has 5 rings (SSSR count). The number of carbonyl (C=O) groups excluding carboxylic acids is 1. The SMILES string of the molecule is Cc1cc(-c2[nH]c3ccc(C4CCN(CC(N)=O)CC4)cc3c2C(C)C)cn2ncnc12. The van der Waals surface area contributed by atoms with E-state index in [1.165, 1.54) is 16.5 Å². The Labute approximate surface area is 187 Å². The molecule has 1 saturated heterocycles. The van der Waals surface area contributed by atoms with Gasteiger partial charge in [-0.3, -0.25) is 9.69 Å². The number of benzene rings is 1. The molecular formula is C25H30N6O. The van der Waals surface area contributed by atoms with Crippen molar-refractivity contribution in [2.45, 2.75) is 45.4 Å². The zero-order chi connectivity index (χ0) is 22.4. The van der Waals surface area contributed by atoms with Crippen LogP contribution in [0.1, 0.15) is 55.2 Å². The molecular weight excluding hydrogens is 400 g/mol. The van der Waals surface area contributed by atoms with Crippen LogP contribution in [0.15, 0.2) is 36.8 Å². The van der Waals surface area contributed by atoms with Gasteiger partial charge >= 0.3 is 0 Å². The van der Waals surface area contributed by atoms with Gasteiger partial charge in [-0.1, -0.05) is 19.9 Å². The maximum Gasteiger partial charge on any atom is 0.231 e. The molecule has 0 bridgehead atoms. The zero-order valence-electron chi connectivity index (χ0n) is 18.9. The number of primary amides is 1. The molecule has 166 valence electrons. The van der Waals surface area contributed by atoms with Crippen LogP contribution in [0.25, 0.3) is 27.8 Å². The first-order valence-corrected chi connectivity index (χ1v) is 11.4. The maximum atomic E-state index is 11.2. The van der Waals surface area contributed by atoms with Crippen molar-refractivity contribution in [3.8, 4) is 11.3 Å². The Hall–Kier alpha value is -3.19. The number of piperidine rings is 1. The number of fused-ring (bicyclic) bond motifs is 2. The van der Waals surface area contributed by atoms with Crippen LogP contribution in [0, 0.1) is 6.92 Å². The van der Waals surface area contributed by atoms with Crippen LogP contribution in [0.4, 0.5) is 0 Å². The largest absolute Gasteiger partial charge is 0.369 e. The van der Waals surface area contributed by atoms with Crippen LogP contribution < -0.4 is 5.73 Å². The van der Waals surface area contributed by atoms with Crippen molar-refractivity contribution in [1.29, 1.82) is 0 Å². The normalized spacial score (nSPS) is 15.9. The highest BCUT2D eigenvalue weighted by Gasteiger charge is 2.23. The Morgan fingerprint density at radius 2 is 2.03 bits per heavy atom. The number of nitrogens with two attached hydrogens (primary N) is 1. The number of likely N-dealkylation sites (tertiary alicyclic amines) is 1. The van der Waals surface area contributed by atoms with E-state index in [0.29, 0.717) is 18.4 Å². The number of hydrogen-bond donors (Lipinski definition) is 2. The van der Waals surface area contributed by atoms with Crippen molar-refractivity contribution in [2.75, 3.05) is 19.6 Å². The fraction of sp³-hybridized carbons (Fsp3) is 0.400. The van der Waals surface area contributed by atoms with E-state index in [1.807, 2.05) is 4.52 Å². The van der Waals surface area contributed by atoms with Crippen LogP contribution in [0.3, 0.4) is 0 Å². The summed E-state index contributed by atoms with van der Waals surface area (Å²) in [5.41, 5.74) is 13.5. The van der Waals surface area contributed by atoms with E-state index >= 15 is 0 Å². The highest BCUT2D eigenvalue weighted by Crippen LogP contribution is 2.38. The lowest BCUT2D eigenvalue weighted by atomic mass is 9.87. The molecule has 1 aromatic carbocycles. The van der Waals surface area contributed by atoms with Gasteiger partial charge in [0.25, 0.3) is 0 Å². The molecule has 0 radical (unpaired) electrons. The Morgan fingerprint density at radius 3 is 2.75 bits per heavy atom. The van der Waals surface area contributed by atoms with Gasteiger partial charge in [0.15, 0.2) is 5.65 Å². The van der Waals surface area contributed by atoms with E-state index < -0.39 is 0 Å². The molecule has 0 saturated carbocycles. The summed E-state index contributed by atoms with van der Waals surface area (Å²) in [6, 6.07) is 9.04. The Kier molecular flexibility index (Phi) is 5.21. The van der Waals surface area contributed by atoms with E-state index in [9.17, 15) is 4.79 Å². The van der Waals surface area contributed by atoms with Crippen LogP contribution >= 0.6 is 0 Å². The number of amides is 1. The van der Waals surface area contributed by atoms with Crippen molar-refractivity contribution < 1.29 is 4.79 Å². The zero-order valence-corrected chi connectivity index (χ0v) is 18.9. The molecule has 4 aromatic rings. The lowest BCUT2D eigenvalue weighted by molar-refractivity contribution is -0.119. The van der Waals surface area contributed by atoms with Crippen molar-refractivity contribution in [1.82, 2.24) is 24.5 Å². The fourth-order valence-electron chi connectivity index (χ4n) is 5.19. The molecule has 3 N–H and O–H groups in total. The third-order valence-corrected chi connectivity index (χ3v) is 6.73. The molecule has 1 aliphatic heterocycles. The minimum absolute atomic E-state index is 0.245. The van der Waals surface area contributed by atoms with Crippen LogP contribution in [-0.2, 0) is 4.79 Å². The van der Waals surface area contributed by atoms with Crippen LogP contribution in [0.2, 0.25) is 0 Å². The number of pyridine rings is 1. The smallest absolute Gasteiger partial charge is 0.231 e. The topological polar surface area (TPSA) is 92.3 Å². The Balaban J connectivity index is 1.52. The van der Waals surface area contributed by atoms with Crippen molar-refractivity contribution in [3.63, 3.8) is 0 Å². The average Bonchev–Trinajstić information content (AvgIpc) is 3.38. The molecule has 1 aliphatic rings. The monoisotopic (exact) mass is 430 g/mol. The van der Waals surface area contributed by atoms with Gasteiger partial charge < -0.3 is 10.7 Å². The first-order valence-electron chi connectivity index (χ1n) is 11.4. The second kappa shape index (κ2) is 8.06. The number of H-pyrrole nitrogens is 1. The number of nitrogens with zero attached hydrogens (tertiary/aromatic N) is 4. The molecule has 0 unspecified atom stereocenters. The number of aryl methyl sites for hydroxylation is 1. The number of carbonyl (C=O) groups is 1. The third-order valence-electron chi connectivity index (χ3n) is 6.73. The number of nitrogens with one attached hydrogen (secondary N) is 1. The van der Waals surface area contributed by atoms with Crippen molar-refractivity contribution in [2.24, 2.45) is 5.73 Å². The second-order valence-electron chi connectivity index (χ2n) is 9.33. The summed E-state index contributed by atoms with van der Waals surface area (Å²) in [7, 11) is 0. The molecule has 7 nitrogen and oxygen atoms in total. The molecule has 3 aromatic heterocycles. The summed E-state index contributed by atoms with van der Waals surface area (Å²) >= 11 is 0. The summed E-state index contributed by atoms with van der Waals surface area (Å²) in [4.78, 5) is 21.4. The molecule has 0 aliphatic carbocycles. The van der Waals surface area contributed by atoms with Gasteiger partial charge in [0, 0.05) is 22.7 Å². The van der Waals surface area contributed by atoms with Gasteiger partial charge in [-0.15, -0.1) is 0 Å². The molecule has 0 spiro atoms. The van der Waals surface area contributed by atoms with Crippen molar-refractivity contribution in [3.05, 3.63) is 53.5 Å². The van der Waals surface area contributed by atoms with Gasteiger partial charge in [0.1, 0.15) is 6.33 Å². The molecule has 1 amide bonds. The van der Waals surface area contributed by atoms with E-state index in [4.69, 9.17) is 5.73 Å². The van der Waals surface area contributed by atoms with E-state index in [1.54, 1.807) is 6.33 Å². The van der Waals surface area contributed by atoms with E-state index in [0.717, 1.165) is 53.9 Å². The van der Waals surface area contributed by atoms with Gasteiger partial charge in [0.05, 0.1) is 12.2 Å². The van der Waals surface area contributed by atoms with E-state index in [-0.39, 0.29) is 5.91 Å². The molecule has 7 heteroatoms. The number of rotatable bonds is 5. The van der Waals surface area contributed by atoms with E-state index in [2.05, 4.69) is 71.2 Å². The highest BCUT2D eigenvalue weighted by molar-refractivity contribution is 5.92. The number of aromatic nitrogens is 4. The van der Waals surface area contributed by atoms with Crippen molar-refractivity contribution >= 4 is 22.5 Å². The van der Waals surface area contributed by atoms with Gasteiger partial charge in [-0.25, -0.2) is 9.50 Å². The molecule has 4 heterocycles. The minimum atomic E-state index is -0.245. The standard InChI is InChI=1S/C25H30N6O/c1-15(2)23-20-11-18(17-6-8-30(9-7-17)13-22(26)32)4-5-21(20)29-24(23)19-10-16(3)25-27-14-28-31(25)12-19/h4-5,10-12,14-15,17,29H,6-9,13H2,1-3H3,(H2,26,32). The lowest BCUT2D eigenvalue weighted by Crippen LogP contribution is -2.39. The average molecular weight is 431 g/mol. The quantitative estimate of drug-likeness (QED) is 0.501. The Bertz CT molecular complexity index is 1290. The Morgan fingerprint density at radius 1 is 1.25 bits per heavy atom. The van der Waals surface area contributed by atoms with Gasteiger partial charge in [-0.2, -0.15) is 5.10 Å². The predicted molar refractivity (Wildman–Crippen MR) is 127 cm³/mol. The maximum absolute atomic E-state index is 11.2. The first kappa shape index (κ1) is 20.7. The highest BCUT2D eigenvalue weighted by atomic mass is 16.1. The number of hydrogen-bond acceptors (Lipinski definition) is 4.